The van der Waals surface area contributed by atoms with E-state index in [2.05, 4.69) is 10.6 Å². The summed E-state index contributed by atoms with van der Waals surface area (Å²) >= 11 is 0. The van der Waals surface area contributed by atoms with Crippen molar-refractivity contribution in [3.05, 3.63) is 58.7 Å². The summed E-state index contributed by atoms with van der Waals surface area (Å²) in [5.41, 5.74) is 2.43. The van der Waals surface area contributed by atoms with Crippen molar-refractivity contribution < 1.29 is 28.7 Å². The first kappa shape index (κ1) is 20.1. The zero-order chi connectivity index (χ0) is 21.0. The van der Waals surface area contributed by atoms with E-state index in [-0.39, 0.29) is 22.7 Å². The number of aryl methyl sites for hydroxylation is 1. The maximum absolute atomic E-state index is 12.7. The molecule has 0 aromatic heterocycles. The fraction of sp³-hybridized carbons (Fsp3) is 0.238. The van der Waals surface area contributed by atoms with Crippen LogP contribution in [0, 0.1) is 0 Å². The third-order valence-electron chi connectivity index (χ3n) is 4.52. The fourth-order valence-electron chi connectivity index (χ4n) is 3.09. The quantitative estimate of drug-likeness (QED) is 0.769. The Morgan fingerprint density at radius 2 is 1.55 bits per heavy atom. The van der Waals surface area contributed by atoms with Gasteiger partial charge in [-0.15, -0.1) is 0 Å². The predicted molar refractivity (Wildman–Crippen MR) is 105 cm³/mol. The van der Waals surface area contributed by atoms with Crippen LogP contribution in [0.5, 0.6) is 0 Å². The molecule has 2 aromatic rings. The van der Waals surface area contributed by atoms with Crippen LogP contribution in [0.25, 0.3) is 0 Å². The number of nitrogens with one attached hydrogen (secondary N) is 2. The Bertz CT molecular complexity index is 964. The number of amides is 2. The molecule has 0 fully saturated rings. The van der Waals surface area contributed by atoms with Gasteiger partial charge in [0.25, 0.3) is 5.91 Å². The van der Waals surface area contributed by atoms with Gasteiger partial charge in [0.1, 0.15) is 0 Å². The molecular formula is C21H20N2O6. The van der Waals surface area contributed by atoms with Gasteiger partial charge in [0.05, 0.1) is 25.3 Å². The second-order valence-electron chi connectivity index (χ2n) is 6.51. The Labute approximate surface area is 167 Å². The monoisotopic (exact) mass is 396 g/mol. The van der Waals surface area contributed by atoms with Crippen LogP contribution in [0.4, 0.5) is 11.4 Å². The number of ether oxygens (including phenoxy) is 2. The molecule has 2 aromatic carbocycles. The summed E-state index contributed by atoms with van der Waals surface area (Å²) in [5.74, 6) is -1.75. The number of fused-ring (bicyclic) bond motifs is 1. The second-order valence-corrected chi connectivity index (χ2v) is 6.51. The van der Waals surface area contributed by atoms with E-state index in [1.807, 2.05) is 0 Å². The van der Waals surface area contributed by atoms with Gasteiger partial charge in [0.2, 0.25) is 5.91 Å². The van der Waals surface area contributed by atoms with E-state index < -0.39 is 17.8 Å². The number of methoxy groups -OCH3 is 2. The summed E-state index contributed by atoms with van der Waals surface area (Å²) in [7, 11) is 2.44. The van der Waals surface area contributed by atoms with Gasteiger partial charge in [0.15, 0.2) is 0 Å². The third-order valence-corrected chi connectivity index (χ3v) is 4.52. The number of carbonyl (C=O) groups excluding carboxylic acids is 4. The number of benzene rings is 2. The molecule has 0 radical (unpaired) electrons. The van der Waals surface area contributed by atoms with Crippen molar-refractivity contribution in [2.24, 2.45) is 0 Å². The van der Waals surface area contributed by atoms with Crippen molar-refractivity contribution in [1.29, 1.82) is 0 Å². The van der Waals surface area contributed by atoms with Crippen molar-refractivity contribution in [3.8, 4) is 0 Å². The molecule has 8 nitrogen and oxygen atoms in total. The molecule has 1 aliphatic heterocycles. The summed E-state index contributed by atoms with van der Waals surface area (Å²) < 4.78 is 9.39. The molecule has 0 spiro atoms. The first-order valence-corrected chi connectivity index (χ1v) is 8.97. The normalized spacial score (nSPS) is 12.8. The maximum Gasteiger partial charge on any atom is 0.337 e. The van der Waals surface area contributed by atoms with Gasteiger partial charge in [-0.1, -0.05) is 0 Å². The Balaban J connectivity index is 1.88. The summed E-state index contributed by atoms with van der Waals surface area (Å²) in [6, 6.07) is 9.18. The van der Waals surface area contributed by atoms with Gasteiger partial charge < -0.3 is 20.1 Å². The van der Waals surface area contributed by atoms with E-state index in [9.17, 15) is 19.2 Å². The zero-order valence-electron chi connectivity index (χ0n) is 16.0. The van der Waals surface area contributed by atoms with Gasteiger partial charge in [-0.2, -0.15) is 0 Å². The lowest BCUT2D eigenvalue weighted by Crippen LogP contribution is -2.15. The molecule has 0 aliphatic carbocycles. The second kappa shape index (κ2) is 8.55. The molecule has 8 heteroatoms. The van der Waals surface area contributed by atoms with E-state index in [1.54, 1.807) is 18.2 Å². The van der Waals surface area contributed by atoms with Crippen LogP contribution in [-0.4, -0.2) is 38.0 Å². The molecule has 0 bridgehead atoms. The standard InChI is InChI=1S/C21H20N2O6/c1-28-20(26)14-9-15(21(27)29-2)11-16(10-14)22-19(25)13-6-7-17-12(8-13)4-3-5-18(24)23-17/h6-11H,3-5H2,1-2H3,(H,22,25)(H,23,24). The van der Waals surface area contributed by atoms with Crippen LogP contribution in [-0.2, 0) is 20.7 Å². The van der Waals surface area contributed by atoms with Gasteiger partial charge in [-0.3, -0.25) is 9.59 Å². The average Bonchev–Trinajstić information content (AvgIpc) is 2.91. The zero-order valence-corrected chi connectivity index (χ0v) is 16.0. The predicted octanol–water partition coefficient (Wildman–Crippen LogP) is 2.79. The van der Waals surface area contributed by atoms with Crippen LogP contribution in [0.3, 0.4) is 0 Å². The molecule has 3 rings (SSSR count). The molecule has 1 heterocycles. The Morgan fingerprint density at radius 1 is 0.897 bits per heavy atom. The van der Waals surface area contributed by atoms with Crippen molar-refractivity contribution in [2.45, 2.75) is 19.3 Å². The largest absolute Gasteiger partial charge is 0.465 e. The SMILES string of the molecule is COC(=O)c1cc(NC(=O)c2ccc3c(c2)CCCC(=O)N3)cc(C(=O)OC)c1. The summed E-state index contributed by atoms with van der Waals surface area (Å²) in [6.07, 6.45) is 1.82. The molecule has 0 saturated carbocycles. The number of anilines is 2. The van der Waals surface area contributed by atoms with Crippen molar-refractivity contribution in [1.82, 2.24) is 0 Å². The molecule has 1 aliphatic rings. The summed E-state index contributed by atoms with van der Waals surface area (Å²) in [5, 5.41) is 5.50. The number of hydrogen-bond donors (Lipinski definition) is 2. The Hall–Kier alpha value is -3.68. The van der Waals surface area contributed by atoms with Crippen molar-refractivity contribution in [2.75, 3.05) is 24.9 Å². The van der Waals surface area contributed by atoms with Crippen LogP contribution >= 0.6 is 0 Å². The van der Waals surface area contributed by atoms with Gasteiger partial charge in [0, 0.05) is 23.4 Å². The molecule has 2 amide bonds. The maximum atomic E-state index is 12.7. The molecule has 2 N–H and O–H groups in total. The smallest absolute Gasteiger partial charge is 0.337 e. The minimum atomic E-state index is -0.646. The molecule has 29 heavy (non-hydrogen) atoms. The van der Waals surface area contributed by atoms with Crippen LogP contribution in [0.1, 0.15) is 49.5 Å². The first-order valence-electron chi connectivity index (χ1n) is 8.97. The average molecular weight is 396 g/mol. The Kier molecular flexibility index (Phi) is 5.92. The van der Waals surface area contributed by atoms with Gasteiger partial charge >= 0.3 is 11.9 Å². The highest BCUT2D eigenvalue weighted by Gasteiger charge is 2.18. The van der Waals surface area contributed by atoms with Crippen LogP contribution < -0.4 is 10.6 Å². The summed E-state index contributed by atoms with van der Waals surface area (Å²) in [6.45, 7) is 0. The van der Waals surface area contributed by atoms with E-state index in [1.165, 1.54) is 32.4 Å². The Morgan fingerprint density at radius 3 is 2.17 bits per heavy atom. The fourth-order valence-corrected chi connectivity index (χ4v) is 3.09. The third kappa shape index (κ3) is 4.60. The highest BCUT2D eigenvalue weighted by Crippen LogP contribution is 2.24. The lowest BCUT2D eigenvalue weighted by Gasteiger charge is -2.11. The highest BCUT2D eigenvalue weighted by atomic mass is 16.5. The topological polar surface area (TPSA) is 111 Å². The minimum absolute atomic E-state index is 0.0454. The number of esters is 2. The summed E-state index contributed by atoms with van der Waals surface area (Å²) in [4.78, 5) is 48.1. The molecular weight excluding hydrogens is 376 g/mol. The van der Waals surface area contributed by atoms with E-state index in [4.69, 9.17) is 9.47 Å². The lowest BCUT2D eigenvalue weighted by atomic mass is 10.0. The van der Waals surface area contributed by atoms with E-state index in [0.717, 1.165) is 5.56 Å². The highest BCUT2D eigenvalue weighted by molar-refractivity contribution is 6.06. The van der Waals surface area contributed by atoms with Gasteiger partial charge in [-0.25, -0.2) is 9.59 Å². The number of carbonyl (C=O) groups is 4. The van der Waals surface area contributed by atoms with E-state index >= 15 is 0 Å². The van der Waals surface area contributed by atoms with Gasteiger partial charge in [-0.05, 0) is 54.8 Å². The number of hydrogen-bond acceptors (Lipinski definition) is 6. The molecule has 150 valence electrons. The number of rotatable bonds is 4. The minimum Gasteiger partial charge on any atom is -0.465 e. The van der Waals surface area contributed by atoms with Crippen molar-refractivity contribution in [3.63, 3.8) is 0 Å². The molecule has 0 atom stereocenters. The van der Waals surface area contributed by atoms with E-state index in [0.29, 0.717) is 30.5 Å². The molecule has 0 unspecified atom stereocenters. The van der Waals surface area contributed by atoms with Crippen LogP contribution in [0.15, 0.2) is 36.4 Å². The molecule has 0 saturated heterocycles. The lowest BCUT2D eigenvalue weighted by molar-refractivity contribution is -0.116. The first-order chi connectivity index (χ1) is 13.9. The van der Waals surface area contributed by atoms with Crippen molar-refractivity contribution >= 4 is 35.1 Å². The van der Waals surface area contributed by atoms with Crippen LogP contribution in [0.2, 0.25) is 0 Å².